The summed E-state index contributed by atoms with van der Waals surface area (Å²) in [5.74, 6) is 0.0742. The number of rotatable bonds is 6. The SMILES string of the molecule is O=C(Nc1cc(-c2ccccc2)cs1)N1CC(c2ccccc2)=C(c2ccc(OC(F)F)cc2)N1. The van der Waals surface area contributed by atoms with Crippen LogP contribution in [0.1, 0.15) is 11.1 Å². The Morgan fingerprint density at radius 1 is 0.886 bits per heavy atom. The maximum Gasteiger partial charge on any atom is 0.387 e. The molecule has 2 amide bonds. The second-order valence-corrected chi connectivity index (χ2v) is 8.73. The Kier molecular flexibility index (Phi) is 6.45. The van der Waals surface area contributed by atoms with E-state index >= 15 is 0 Å². The number of alkyl halides is 2. The Morgan fingerprint density at radius 3 is 2.20 bits per heavy atom. The molecule has 0 saturated carbocycles. The molecule has 3 aromatic carbocycles. The average Bonchev–Trinajstić information content (AvgIpc) is 3.53. The van der Waals surface area contributed by atoms with E-state index in [-0.39, 0.29) is 11.8 Å². The number of hydrogen-bond donors (Lipinski definition) is 2. The number of ether oxygens (including phenoxy) is 1. The van der Waals surface area contributed by atoms with E-state index in [1.807, 2.05) is 72.1 Å². The van der Waals surface area contributed by atoms with Crippen LogP contribution < -0.4 is 15.5 Å². The molecular formula is C27H21F2N3O2S. The summed E-state index contributed by atoms with van der Waals surface area (Å²) in [6.07, 6.45) is 0. The van der Waals surface area contributed by atoms with Crippen LogP contribution in [0.25, 0.3) is 22.4 Å². The summed E-state index contributed by atoms with van der Waals surface area (Å²) >= 11 is 1.46. The number of nitrogens with one attached hydrogen (secondary N) is 2. The molecule has 5 nitrogen and oxygen atoms in total. The lowest BCUT2D eigenvalue weighted by molar-refractivity contribution is -0.0498. The fraction of sp³-hybridized carbons (Fsp3) is 0.0741. The topological polar surface area (TPSA) is 53.6 Å². The van der Waals surface area contributed by atoms with Crippen LogP contribution >= 0.6 is 11.3 Å². The molecule has 0 aliphatic carbocycles. The van der Waals surface area contributed by atoms with E-state index in [0.717, 1.165) is 38.5 Å². The number of urea groups is 1. The average molecular weight is 490 g/mol. The van der Waals surface area contributed by atoms with Gasteiger partial charge in [-0.05, 0) is 47.0 Å². The Morgan fingerprint density at radius 2 is 1.54 bits per heavy atom. The van der Waals surface area contributed by atoms with E-state index in [0.29, 0.717) is 6.54 Å². The first-order valence-electron chi connectivity index (χ1n) is 10.9. The maximum atomic E-state index is 13.1. The van der Waals surface area contributed by atoms with Crippen molar-refractivity contribution in [2.75, 3.05) is 11.9 Å². The smallest absolute Gasteiger partial charge is 0.387 e. The van der Waals surface area contributed by atoms with Crippen molar-refractivity contribution in [3.8, 4) is 16.9 Å². The van der Waals surface area contributed by atoms with Crippen molar-refractivity contribution in [3.05, 3.63) is 108 Å². The molecule has 176 valence electrons. The lowest BCUT2D eigenvalue weighted by Gasteiger charge is -2.18. The number of thiophene rings is 1. The zero-order valence-electron chi connectivity index (χ0n) is 18.4. The van der Waals surface area contributed by atoms with E-state index in [1.54, 1.807) is 12.1 Å². The largest absolute Gasteiger partial charge is 0.435 e. The molecule has 2 N–H and O–H groups in total. The first-order valence-corrected chi connectivity index (χ1v) is 11.8. The third-order valence-corrected chi connectivity index (χ3v) is 6.38. The molecule has 0 fully saturated rings. The van der Waals surface area contributed by atoms with Crippen LogP contribution in [0.2, 0.25) is 0 Å². The molecule has 0 radical (unpaired) electrons. The lowest BCUT2D eigenvalue weighted by Crippen LogP contribution is -2.40. The Bertz CT molecular complexity index is 1340. The van der Waals surface area contributed by atoms with Crippen molar-refractivity contribution in [3.63, 3.8) is 0 Å². The molecule has 2 heterocycles. The van der Waals surface area contributed by atoms with Gasteiger partial charge in [-0.1, -0.05) is 60.7 Å². The highest BCUT2D eigenvalue weighted by molar-refractivity contribution is 7.14. The summed E-state index contributed by atoms with van der Waals surface area (Å²) in [6, 6.07) is 27.7. The molecular weight excluding hydrogens is 468 g/mol. The van der Waals surface area contributed by atoms with Gasteiger partial charge in [0.2, 0.25) is 0 Å². The molecule has 8 heteroatoms. The van der Waals surface area contributed by atoms with E-state index in [1.165, 1.54) is 28.5 Å². The third kappa shape index (κ3) is 5.17. The van der Waals surface area contributed by atoms with Gasteiger partial charge in [0.1, 0.15) is 5.75 Å². The molecule has 1 aromatic heterocycles. The van der Waals surface area contributed by atoms with Gasteiger partial charge in [0.05, 0.1) is 17.2 Å². The van der Waals surface area contributed by atoms with Crippen molar-refractivity contribution < 1.29 is 18.3 Å². The highest BCUT2D eigenvalue weighted by Gasteiger charge is 2.28. The second kappa shape index (κ2) is 9.99. The normalized spacial score (nSPS) is 13.2. The molecule has 0 atom stereocenters. The summed E-state index contributed by atoms with van der Waals surface area (Å²) in [6.45, 7) is -2.56. The van der Waals surface area contributed by atoms with E-state index in [9.17, 15) is 13.6 Å². The van der Waals surface area contributed by atoms with Crippen LogP contribution in [0.15, 0.2) is 96.4 Å². The fourth-order valence-corrected chi connectivity index (χ4v) is 4.67. The van der Waals surface area contributed by atoms with E-state index in [4.69, 9.17) is 0 Å². The van der Waals surface area contributed by atoms with Gasteiger partial charge in [-0.25, -0.2) is 9.80 Å². The quantitative estimate of drug-likeness (QED) is 0.309. The zero-order valence-corrected chi connectivity index (χ0v) is 19.3. The Labute approximate surface area is 205 Å². The second-order valence-electron chi connectivity index (χ2n) is 7.82. The minimum absolute atomic E-state index is 0.0742. The minimum atomic E-state index is -2.89. The Balaban J connectivity index is 1.36. The van der Waals surface area contributed by atoms with E-state index in [2.05, 4.69) is 15.5 Å². The van der Waals surface area contributed by atoms with Crippen molar-refractivity contribution in [1.29, 1.82) is 0 Å². The minimum Gasteiger partial charge on any atom is -0.435 e. The maximum absolute atomic E-state index is 13.1. The summed E-state index contributed by atoms with van der Waals surface area (Å²) in [5, 5.41) is 7.20. The first-order chi connectivity index (χ1) is 17.1. The van der Waals surface area contributed by atoms with Gasteiger partial charge in [0.15, 0.2) is 0 Å². The monoisotopic (exact) mass is 489 g/mol. The molecule has 0 saturated heterocycles. The summed E-state index contributed by atoms with van der Waals surface area (Å²) in [5.41, 5.74) is 8.67. The van der Waals surface area contributed by atoms with Crippen molar-refractivity contribution >= 4 is 33.6 Å². The molecule has 5 rings (SSSR count). The van der Waals surface area contributed by atoms with Crippen molar-refractivity contribution in [2.24, 2.45) is 0 Å². The van der Waals surface area contributed by atoms with Crippen molar-refractivity contribution in [2.45, 2.75) is 6.61 Å². The van der Waals surface area contributed by atoms with Gasteiger partial charge in [0.25, 0.3) is 0 Å². The summed E-state index contributed by atoms with van der Waals surface area (Å²) in [7, 11) is 0. The number of carbonyl (C=O) groups excluding carboxylic acids is 1. The van der Waals surface area contributed by atoms with Crippen LogP contribution in [0, 0.1) is 0 Å². The van der Waals surface area contributed by atoms with Crippen LogP contribution in [0.5, 0.6) is 5.75 Å². The van der Waals surface area contributed by atoms with Gasteiger partial charge in [-0.3, -0.25) is 10.7 Å². The number of anilines is 1. The van der Waals surface area contributed by atoms with E-state index < -0.39 is 6.61 Å². The van der Waals surface area contributed by atoms with Gasteiger partial charge in [-0.15, -0.1) is 11.3 Å². The fourth-order valence-electron chi connectivity index (χ4n) is 3.88. The predicted molar refractivity (Wildman–Crippen MR) is 135 cm³/mol. The zero-order chi connectivity index (χ0) is 24.2. The van der Waals surface area contributed by atoms with Crippen LogP contribution in [0.4, 0.5) is 18.6 Å². The predicted octanol–water partition coefficient (Wildman–Crippen LogP) is 6.94. The number of nitrogens with zero attached hydrogens (tertiary/aromatic N) is 1. The molecule has 0 spiro atoms. The lowest BCUT2D eigenvalue weighted by atomic mass is 10.0. The number of benzene rings is 3. The van der Waals surface area contributed by atoms with Gasteiger partial charge in [-0.2, -0.15) is 8.78 Å². The number of halogens is 2. The Hall–Kier alpha value is -4.17. The summed E-state index contributed by atoms with van der Waals surface area (Å²) < 4.78 is 29.5. The van der Waals surface area contributed by atoms with Crippen molar-refractivity contribution in [1.82, 2.24) is 10.4 Å². The first kappa shape index (κ1) is 22.6. The number of carbonyl (C=O) groups is 1. The molecule has 1 aliphatic rings. The molecule has 4 aromatic rings. The van der Waals surface area contributed by atoms with Crippen LogP contribution in [-0.2, 0) is 0 Å². The van der Waals surface area contributed by atoms with Gasteiger partial charge in [0, 0.05) is 16.5 Å². The molecule has 0 bridgehead atoms. The molecule has 35 heavy (non-hydrogen) atoms. The number of hydrazine groups is 1. The van der Waals surface area contributed by atoms with Gasteiger partial charge < -0.3 is 4.74 Å². The highest BCUT2D eigenvalue weighted by atomic mass is 32.1. The highest BCUT2D eigenvalue weighted by Crippen LogP contribution is 2.33. The molecule has 1 aliphatic heterocycles. The van der Waals surface area contributed by atoms with Crippen LogP contribution in [0.3, 0.4) is 0 Å². The molecule has 0 unspecified atom stereocenters. The third-order valence-electron chi connectivity index (χ3n) is 5.54. The van der Waals surface area contributed by atoms with Crippen LogP contribution in [-0.4, -0.2) is 24.2 Å². The number of hydrogen-bond acceptors (Lipinski definition) is 4. The standard InChI is InChI=1S/C27H21F2N3O2S/c28-26(29)34-22-13-11-20(12-14-22)25-23(19-9-5-2-6-10-19)16-32(31-25)27(33)30-24-15-21(17-35-24)18-7-3-1-4-8-18/h1-15,17,26,31H,16H2,(H,30,33). The summed E-state index contributed by atoms with van der Waals surface area (Å²) in [4.78, 5) is 13.1. The van der Waals surface area contributed by atoms with Gasteiger partial charge >= 0.3 is 12.6 Å². The number of amides is 2.